The Morgan fingerprint density at radius 3 is 2.06 bits per heavy atom. The molecule has 0 spiro atoms. The molecular weight excluding hydrogens is 440 g/mol. The van der Waals surface area contributed by atoms with Crippen LogP contribution in [0.2, 0.25) is 0 Å². The third-order valence-electron chi connectivity index (χ3n) is 5.00. The molecule has 0 unspecified atom stereocenters. The molecule has 4 N–H and O–H groups in total. The van der Waals surface area contributed by atoms with Crippen molar-refractivity contribution >= 4 is 34.8 Å². The Balaban J connectivity index is 1.45. The largest absolute Gasteiger partial charge is 0.376 e. The Hall–Kier alpha value is -4.13. The summed E-state index contributed by atoms with van der Waals surface area (Å²) in [5, 5.41) is 11.7. The van der Waals surface area contributed by atoms with Crippen LogP contribution in [0.5, 0.6) is 0 Å². The first-order chi connectivity index (χ1) is 16.7. The van der Waals surface area contributed by atoms with Gasteiger partial charge in [0.05, 0.1) is 6.54 Å². The van der Waals surface area contributed by atoms with E-state index in [1.807, 2.05) is 69.3 Å². The van der Waals surface area contributed by atoms with Crippen molar-refractivity contribution < 1.29 is 14.4 Å². The van der Waals surface area contributed by atoms with Gasteiger partial charge in [-0.1, -0.05) is 36.4 Å². The van der Waals surface area contributed by atoms with Crippen molar-refractivity contribution in [1.82, 2.24) is 5.32 Å². The Morgan fingerprint density at radius 2 is 1.37 bits per heavy atom. The van der Waals surface area contributed by atoms with Crippen LogP contribution in [0.3, 0.4) is 0 Å². The Bertz CT molecular complexity index is 1150. The number of amides is 3. The minimum atomic E-state index is -0.322. The lowest BCUT2D eigenvalue weighted by molar-refractivity contribution is -0.116. The molecular formula is C28H32N4O3. The van der Waals surface area contributed by atoms with Crippen molar-refractivity contribution in [1.29, 1.82) is 0 Å². The van der Waals surface area contributed by atoms with Gasteiger partial charge in [0, 0.05) is 34.6 Å². The van der Waals surface area contributed by atoms with Gasteiger partial charge in [-0.05, 0) is 75.2 Å². The van der Waals surface area contributed by atoms with Gasteiger partial charge in [0.25, 0.3) is 5.91 Å². The molecule has 7 nitrogen and oxygen atoms in total. The van der Waals surface area contributed by atoms with E-state index in [0.717, 1.165) is 11.3 Å². The molecule has 3 aromatic carbocycles. The molecule has 0 bridgehead atoms. The smallest absolute Gasteiger partial charge is 0.251 e. The SMILES string of the molecule is CC(C)(C)NC(=O)c1ccc(NC(=O)CNc2cccc(NC(=O)CCc3ccccc3)c2)cc1. The molecule has 3 rings (SSSR count). The zero-order valence-electron chi connectivity index (χ0n) is 20.4. The van der Waals surface area contributed by atoms with Crippen LogP contribution in [0.25, 0.3) is 0 Å². The van der Waals surface area contributed by atoms with Crippen LogP contribution < -0.4 is 21.3 Å². The van der Waals surface area contributed by atoms with E-state index in [9.17, 15) is 14.4 Å². The number of hydrogen-bond acceptors (Lipinski definition) is 4. The Morgan fingerprint density at radius 1 is 0.714 bits per heavy atom. The number of aryl methyl sites for hydroxylation is 1. The van der Waals surface area contributed by atoms with Gasteiger partial charge in [-0.3, -0.25) is 14.4 Å². The Kier molecular flexibility index (Phi) is 8.62. The first-order valence-electron chi connectivity index (χ1n) is 11.6. The summed E-state index contributed by atoms with van der Waals surface area (Å²) in [6, 6.07) is 23.9. The zero-order valence-corrected chi connectivity index (χ0v) is 20.4. The molecule has 0 aliphatic rings. The molecule has 0 atom stereocenters. The first-order valence-corrected chi connectivity index (χ1v) is 11.6. The summed E-state index contributed by atoms with van der Waals surface area (Å²) in [6.45, 7) is 5.81. The second-order valence-corrected chi connectivity index (χ2v) is 9.30. The van der Waals surface area contributed by atoms with Crippen LogP contribution in [0.1, 0.15) is 43.1 Å². The van der Waals surface area contributed by atoms with Gasteiger partial charge < -0.3 is 21.3 Å². The van der Waals surface area contributed by atoms with Crippen molar-refractivity contribution in [3.63, 3.8) is 0 Å². The lowest BCUT2D eigenvalue weighted by Crippen LogP contribution is -2.40. The van der Waals surface area contributed by atoms with E-state index >= 15 is 0 Å². The maximum Gasteiger partial charge on any atom is 0.251 e. The zero-order chi connectivity index (χ0) is 25.3. The normalized spacial score (nSPS) is 10.8. The van der Waals surface area contributed by atoms with E-state index in [1.54, 1.807) is 30.3 Å². The average Bonchev–Trinajstić information content (AvgIpc) is 2.82. The predicted octanol–water partition coefficient (Wildman–Crippen LogP) is 4.84. The summed E-state index contributed by atoms with van der Waals surface area (Å²) in [5.41, 5.74) is 3.31. The van der Waals surface area contributed by atoms with Crippen molar-refractivity contribution in [2.45, 2.75) is 39.2 Å². The maximum atomic E-state index is 12.4. The molecule has 0 aliphatic carbocycles. The number of hydrogen-bond donors (Lipinski definition) is 4. The topological polar surface area (TPSA) is 99.3 Å². The number of rotatable bonds is 9. The summed E-state index contributed by atoms with van der Waals surface area (Å²) < 4.78 is 0. The summed E-state index contributed by atoms with van der Waals surface area (Å²) in [4.78, 5) is 36.8. The van der Waals surface area contributed by atoms with E-state index in [4.69, 9.17) is 0 Å². The molecule has 0 fully saturated rings. The van der Waals surface area contributed by atoms with Crippen LogP contribution in [0.15, 0.2) is 78.9 Å². The summed E-state index contributed by atoms with van der Waals surface area (Å²) in [6.07, 6.45) is 1.06. The van der Waals surface area contributed by atoms with Crippen LogP contribution in [-0.4, -0.2) is 29.8 Å². The van der Waals surface area contributed by atoms with Crippen LogP contribution in [-0.2, 0) is 16.0 Å². The van der Waals surface area contributed by atoms with Gasteiger partial charge in [0.15, 0.2) is 0 Å². The number of carbonyl (C=O) groups is 3. The number of benzene rings is 3. The molecule has 0 radical (unpaired) electrons. The van der Waals surface area contributed by atoms with Gasteiger partial charge in [0.2, 0.25) is 11.8 Å². The van der Waals surface area contributed by atoms with Gasteiger partial charge >= 0.3 is 0 Å². The number of carbonyl (C=O) groups excluding carboxylic acids is 3. The number of anilines is 3. The fourth-order valence-corrected chi connectivity index (χ4v) is 3.34. The van der Waals surface area contributed by atoms with E-state index in [2.05, 4.69) is 21.3 Å². The monoisotopic (exact) mass is 472 g/mol. The average molecular weight is 473 g/mol. The summed E-state index contributed by atoms with van der Waals surface area (Å²) in [5.74, 6) is -0.457. The lowest BCUT2D eigenvalue weighted by Gasteiger charge is -2.20. The molecule has 7 heteroatoms. The van der Waals surface area contributed by atoms with Gasteiger partial charge in [0.1, 0.15) is 0 Å². The van der Waals surface area contributed by atoms with Crippen molar-refractivity contribution in [2.24, 2.45) is 0 Å². The van der Waals surface area contributed by atoms with Crippen molar-refractivity contribution in [3.05, 3.63) is 90.0 Å². The maximum absolute atomic E-state index is 12.4. The molecule has 0 aliphatic heterocycles. The lowest BCUT2D eigenvalue weighted by atomic mass is 10.1. The second kappa shape index (κ2) is 11.8. The minimum absolute atomic E-state index is 0.0532. The van der Waals surface area contributed by atoms with E-state index in [0.29, 0.717) is 29.8 Å². The van der Waals surface area contributed by atoms with Crippen LogP contribution >= 0.6 is 0 Å². The molecule has 3 aromatic rings. The van der Waals surface area contributed by atoms with Crippen molar-refractivity contribution in [2.75, 3.05) is 22.5 Å². The third kappa shape index (κ3) is 8.97. The highest BCUT2D eigenvalue weighted by Crippen LogP contribution is 2.16. The molecule has 0 saturated carbocycles. The quantitative estimate of drug-likeness (QED) is 0.358. The molecule has 182 valence electrons. The second-order valence-electron chi connectivity index (χ2n) is 9.30. The van der Waals surface area contributed by atoms with Gasteiger partial charge in [-0.2, -0.15) is 0 Å². The van der Waals surface area contributed by atoms with Gasteiger partial charge in [-0.15, -0.1) is 0 Å². The fraction of sp³-hybridized carbons (Fsp3) is 0.250. The standard InChI is InChI=1S/C28H32N4O3/c1-28(2,3)32-27(35)21-13-15-22(16-14-21)30-26(34)19-29-23-10-7-11-24(18-23)31-25(33)17-12-20-8-5-4-6-9-20/h4-11,13-16,18,29H,12,17,19H2,1-3H3,(H,30,34)(H,31,33)(H,32,35). The third-order valence-corrected chi connectivity index (χ3v) is 5.00. The predicted molar refractivity (Wildman–Crippen MR) is 141 cm³/mol. The fourth-order valence-electron chi connectivity index (χ4n) is 3.34. The van der Waals surface area contributed by atoms with Crippen LogP contribution in [0.4, 0.5) is 17.1 Å². The molecule has 3 amide bonds. The highest BCUT2D eigenvalue weighted by atomic mass is 16.2. The van der Waals surface area contributed by atoms with Crippen LogP contribution in [0, 0.1) is 0 Å². The van der Waals surface area contributed by atoms with E-state index < -0.39 is 0 Å². The Labute approximate surface area is 206 Å². The molecule has 0 heterocycles. The minimum Gasteiger partial charge on any atom is -0.376 e. The van der Waals surface area contributed by atoms with Gasteiger partial charge in [-0.25, -0.2) is 0 Å². The summed E-state index contributed by atoms with van der Waals surface area (Å²) in [7, 11) is 0. The molecule has 35 heavy (non-hydrogen) atoms. The van der Waals surface area contributed by atoms with E-state index in [1.165, 1.54) is 0 Å². The highest BCUT2D eigenvalue weighted by Gasteiger charge is 2.15. The molecule has 0 saturated heterocycles. The molecule has 0 aromatic heterocycles. The first kappa shape index (κ1) is 25.5. The summed E-state index contributed by atoms with van der Waals surface area (Å²) >= 11 is 0. The highest BCUT2D eigenvalue weighted by molar-refractivity contribution is 5.97. The van der Waals surface area contributed by atoms with E-state index in [-0.39, 0.29) is 29.8 Å². The number of nitrogens with one attached hydrogen (secondary N) is 4. The van der Waals surface area contributed by atoms with Crippen molar-refractivity contribution in [3.8, 4) is 0 Å².